The fraction of sp³-hybridized carbons (Fsp3) is 0.667. The molecule has 1 N–H and O–H groups in total. The van der Waals surface area contributed by atoms with Crippen LogP contribution in [0.5, 0.6) is 11.5 Å². The van der Waals surface area contributed by atoms with Gasteiger partial charge in [-0.2, -0.15) is 0 Å². The second-order valence-corrected chi connectivity index (χ2v) is 8.08. The van der Waals surface area contributed by atoms with Crippen LogP contribution in [0.3, 0.4) is 0 Å². The van der Waals surface area contributed by atoms with Gasteiger partial charge in [-0.1, -0.05) is 6.42 Å². The van der Waals surface area contributed by atoms with Crippen molar-refractivity contribution in [2.24, 2.45) is 17.8 Å². The van der Waals surface area contributed by atoms with Gasteiger partial charge in [-0.15, -0.1) is 0 Å². The molecule has 3 aliphatic rings. The van der Waals surface area contributed by atoms with E-state index in [1.807, 2.05) is 18.2 Å². The van der Waals surface area contributed by atoms with Crippen LogP contribution < -0.4 is 14.8 Å². The largest absolute Gasteiger partial charge is 0.493 e. The van der Waals surface area contributed by atoms with Gasteiger partial charge in [0.2, 0.25) is 5.91 Å². The minimum absolute atomic E-state index is 0.134. The molecular formula is C21H29NO3. The fourth-order valence-electron chi connectivity index (χ4n) is 5.11. The van der Waals surface area contributed by atoms with Gasteiger partial charge < -0.3 is 14.8 Å². The Morgan fingerprint density at radius 3 is 2.64 bits per heavy atom. The summed E-state index contributed by atoms with van der Waals surface area (Å²) >= 11 is 0. The molecule has 2 bridgehead atoms. The number of anilines is 1. The highest BCUT2D eigenvalue weighted by Crippen LogP contribution is 2.49. The SMILES string of the molecule is COc1ccc(NC(=O)CC2CC3CCC2C3)cc1OC1CCCC1. The quantitative estimate of drug-likeness (QED) is 0.808. The van der Waals surface area contributed by atoms with Crippen molar-refractivity contribution in [3.8, 4) is 11.5 Å². The molecule has 25 heavy (non-hydrogen) atoms. The molecule has 1 aromatic carbocycles. The lowest BCUT2D eigenvalue weighted by Crippen LogP contribution is -2.20. The molecule has 4 rings (SSSR count). The molecular weight excluding hydrogens is 314 g/mol. The Morgan fingerprint density at radius 2 is 1.96 bits per heavy atom. The van der Waals surface area contributed by atoms with Gasteiger partial charge in [0.1, 0.15) is 0 Å². The summed E-state index contributed by atoms with van der Waals surface area (Å²) in [5.74, 6) is 3.87. The number of benzene rings is 1. The molecule has 0 aromatic heterocycles. The van der Waals surface area contributed by atoms with E-state index < -0.39 is 0 Å². The lowest BCUT2D eigenvalue weighted by atomic mass is 9.86. The summed E-state index contributed by atoms with van der Waals surface area (Å²) in [7, 11) is 1.66. The first kappa shape index (κ1) is 16.7. The summed E-state index contributed by atoms with van der Waals surface area (Å²) in [5, 5.41) is 3.07. The van der Waals surface area contributed by atoms with Crippen LogP contribution in [0.15, 0.2) is 18.2 Å². The number of methoxy groups -OCH3 is 1. The topological polar surface area (TPSA) is 47.6 Å². The average molecular weight is 343 g/mol. The van der Waals surface area contributed by atoms with Crippen molar-refractivity contribution in [3.05, 3.63) is 18.2 Å². The summed E-state index contributed by atoms with van der Waals surface area (Å²) in [4.78, 5) is 12.5. The minimum atomic E-state index is 0.134. The molecule has 3 atom stereocenters. The Labute approximate surface area is 150 Å². The molecule has 0 spiro atoms. The second kappa shape index (κ2) is 7.27. The van der Waals surface area contributed by atoms with Crippen molar-refractivity contribution in [1.82, 2.24) is 0 Å². The third-order valence-electron chi connectivity index (χ3n) is 6.38. The van der Waals surface area contributed by atoms with E-state index in [0.29, 0.717) is 12.3 Å². The third kappa shape index (κ3) is 3.78. The minimum Gasteiger partial charge on any atom is -0.493 e. The highest BCUT2D eigenvalue weighted by atomic mass is 16.5. The van der Waals surface area contributed by atoms with E-state index in [9.17, 15) is 4.79 Å². The van der Waals surface area contributed by atoms with Crippen LogP contribution in [0, 0.1) is 17.8 Å². The predicted molar refractivity (Wildman–Crippen MR) is 98.1 cm³/mol. The number of fused-ring (bicyclic) bond motifs is 2. The smallest absolute Gasteiger partial charge is 0.224 e. The summed E-state index contributed by atoms with van der Waals surface area (Å²) in [6.07, 6.45) is 10.9. The van der Waals surface area contributed by atoms with Gasteiger partial charge >= 0.3 is 0 Å². The zero-order valence-electron chi connectivity index (χ0n) is 15.1. The van der Waals surface area contributed by atoms with Crippen LogP contribution in [0.4, 0.5) is 5.69 Å². The number of rotatable bonds is 6. The van der Waals surface area contributed by atoms with Gasteiger partial charge in [-0.05, 0) is 74.8 Å². The zero-order valence-corrected chi connectivity index (χ0v) is 15.1. The standard InChI is InChI=1S/C21H29NO3/c1-24-19-9-8-17(13-20(19)25-18-4-2-3-5-18)22-21(23)12-16-11-14-6-7-15(16)10-14/h8-9,13-16,18H,2-7,10-12H2,1H3,(H,22,23). The van der Waals surface area contributed by atoms with Crippen LogP contribution in [0.2, 0.25) is 0 Å². The molecule has 1 aromatic rings. The normalized spacial score (nSPS) is 28.3. The van der Waals surface area contributed by atoms with Gasteiger partial charge in [0.05, 0.1) is 13.2 Å². The first-order chi connectivity index (χ1) is 12.2. The Kier molecular flexibility index (Phi) is 4.87. The van der Waals surface area contributed by atoms with Crippen LogP contribution >= 0.6 is 0 Å². The number of nitrogens with one attached hydrogen (secondary N) is 1. The van der Waals surface area contributed by atoms with Crippen molar-refractivity contribution in [1.29, 1.82) is 0 Å². The van der Waals surface area contributed by atoms with Crippen LogP contribution in [0.1, 0.15) is 57.8 Å². The first-order valence-electron chi connectivity index (χ1n) is 9.86. The average Bonchev–Trinajstić information content (AvgIpc) is 3.33. The highest BCUT2D eigenvalue weighted by molar-refractivity contribution is 5.91. The van der Waals surface area contributed by atoms with Crippen molar-refractivity contribution in [3.63, 3.8) is 0 Å². The fourth-order valence-corrected chi connectivity index (χ4v) is 5.11. The van der Waals surface area contributed by atoms with Crippen molar-refractivity contribution >= 4 is 11.6 Å². The summed E-state index contributed by atoms with van der Waals surface area (Å²) < 4.78 is 11.5. The molecule has 0 aliphatic heterocycles. The molecule has 0 heterocycles. The predicted octanol–water partition coefficient (Wildman–Crippen LogP) is 4.78. The van der Waals surface area contributed by atoms with E-state index in [0.717, 1.165) is 41.9 Å². The Balaban J connectivity index is 1.38. The van der Waals surface area contributed by atoms with E-state index >= 15 is 0 Å². The maximum absolute atomic E-state index is 12.5. The Hall–Kier alpha value is -1.71. The highest BCUT2D eigenvalue weighted by Gasteiger charge is 2.40. The van der Waals surface area contributed by atoms with Crippen LogP contribution in [-0.4, -0.2) is 19.1 Å². The maximum atomic E-state index is 12.5. The first-order valence-corrected chi connectivity index (χ1v) is 9.86. The van der Waals surface area contributed by atoms with E-state index in [2.05, 4.69) is 5.32 Å². The van der Waals surface area contributed by atoms with Crippen molar-refractivity contribution in [2.45, 2.75) is 63.9 Å². The molecule has 4 heteroatoms. The number of carbonyl (C=O) groups excluding carboxylic acids is 1. The van der Waals surface area contributed by atoms with Crippen LogP contribution in [0.25, 0.3) is 0 Å². The van der Waals surface area contributed by atoms with Gasteiger partial charge in [0.15, 0.2) is 11.5 Å². The number of amides is 1. The molecule has 0 saturated heterocycles. The summed E-state index contributed by atoms with van der Waals surface area (Å²) in [6, 6.07) is 5.70. The summed E-state index contributed by atoms with van der Waals surface area (Å²) in [5.41, 5.74) is 0.807. The Morgan fingerprint density at radius 1 is 1.12 bits per heavy atom. The van der Waals surface area contributed by atoms with E-state index in [-0.39, 0.29) is 12.0 Å². The maximum Gasteiger partial charge on any atom is 0.224 e. The molecule has 3 unspecified atom stereocenters. The Bertz CT molecular complexity index is 624. The van der Waals surface area contributed by atoms with E-state index in [1.54, 1.807) is 7.11 Å². The van der Waals surface area contributed by atoms with E-state index in [1.165, 1.54) is 38.5 Å². The molecule has 3 aliphatic carbocycles. The van der Waals surface area contributed by atoms with E-state index in [4.69, 9.17) is 9.47 Å². The van der Waals surface area contributed by atoms with Gasteiger partial charge in [-0.3, -0.25) is 4.79 Å². The van der Waals surface area contributed by atoms with Gasteiger partial charge in [-0.25, -0.2) is 0 Å². The van der Waals surface area contributed by atoms with Crippen molar-refractivity contribution in [2.75, 3.05) is 12.4 Å². The van der Waals surface area contributed by atoms with Gasteiger partial charge in [0.25, 0.3) is 0 Å². The number of hydrogen-bond donors (Lipinski definition) is 1. The molecule has 1 amide bonds. The molecule has 0 radical (unpaired) electrons. The third-order valence-corrected chi connectivity index (χ3v) is 6.38. The summed E-state index contributed by atoms with van der Waals surface area (Å²) in [6.45, 7) is 0. The second-order valence-electron chi connectivity index (χ2n) is 8.08. The number of ether oxygens (including phenoxy) is 2. The zero-order chi connectivity index (χ0) is 17.2. The lowest BCUT2D eigenvalue weighted by Gasteiger charge is -2.21. The number of hydrogen-bond acceptors (Lipinski definition) is 3. The van der Waals surface area contributed by atoms with Gasteiger partial charge in [0, 0.05) is 18.2 Å². The molecule has 4 nitrogen and oxygen atoms in total. The monoisotopic (exact) mass is 343 g/mol. The number of carbonyl (C=O) groups is 1. The molecule has 136 valence electrons. The molecule has 3 fully saturated rings. The van der Waals surface area contributed by atoms with Crippen LogP contribution in [-0.2, 0) is 4.79 Å². The lowest BCUT2D eigenvalue weighted by molar-refractivity contribution is -0.117. The molecule has 3 saturated carbocycles. The van der Waals surface area contributed by atoms with Crippen molar-refractivity contribution < 1.29 is 14.3 Å².